The van der Waals surface area contributed by atoms with Crippen LogP contribution in [0.4, 0.5) is 5.69 Å². The number of para-hydroxylation sites is 1. The van der Waals surface area contributed by atoms with E-state index in [1.165, 1.54) is 0 Å². The molecule has 5 nitrogen and oxygen atoms in total. The predicted octanol–water partition coefficient (Wildman–Crippen LogP) is 3.31. The molecule has 0 saturated carbocycles. The van der Waals surface area contributed by atoms with Crippen LogP contribution in [0.2, 0.25) is 0 Å². The lowest BCUT2D eigenvalue weighted by Gasteiger charge is -2.13. The molecule has 0 unspecified atom stereocenters. The zero-order valence-corrected chi connectivity index (χ0v) is 15.2. The maximum absolute atomic E-state index is 12.4. The highest BCUT2D eigenvalue weighted by molar-refractivity contribution is 7.92. The number of nitrogens with one attached hydrogen (secondary N) is 1. The number of sulfonamides is 1. The van der Waals surface area contributed by atoms with E-state index in [1.807, 2.05) is 38.1 Å². The van der Waals surface area contributed by atoms with Crippen LogP contribution in [-0.4, -0.2) is 28.4 Å². The van der Waals surface area contributed by atoms with E-state index >= 15 is 0 Å². The van der Waals surface area contributed by atoms with Gasteiger partial charge >= 0.3 is 0 Å². The molecule has 0 radical (unpaired) electrons. The molecule has 0 spiro atoms. The average molecular weight is 349 g/mol. The van der Waals surface area contributed by atoms with Gasteiger partial charge in [0.1, 0.15) is 0 Å². The van der Waals surface area contributed by atoms with Gasteiger partial charge in [0.25, 0.3) is 0 Å². The third kappa shape index (κ3) is 4.41. The number of hydrogen-bond acceptors (Lipinski definition) is 4. The second kappa shape index (κ2) is 7.57. The Kier molecular flexibility index (Phi) is 5.72. The summed E-state index contributed by atoms with van der Waals surface area (Å²) in [6.07, 6.45) is 0.390. The van der Waals surface area contributed by atoms with E-state index in [9.17, 15) is 8.42 Å². The van der Waals surface area contributed by atoms with Crippen LogP contribution < -0.4 is 14.2 Å². The standard InChI is InChI=1S/C18H23NO4S/c1-13-6-5-7-14(2)18(13)19-24(20,21)11-10-15-8-9-16(22-3)17(12-15)23-4/h5-9,12,19H,10-11H2,1-4H3. The molecule has 0 bridgehead atoms. The molecule has 0 aromatic heterocycles. The van der Waals surface area contributed by atoms with E-state index in [1.54, 1.807) is 26.4 Å². The molecule has 0 saturated heterocycles. The first-order valence-corrected chi connectivity index (χ1v) is 9.29. The van der Waals surface area contributed by atoms with Gasteiger partial charge in [0, 0.05) is 0 Å². The molecular weight excluding hydrogens is 326 g/mol. The van der Waals surface area contributed by atoms with Gasteiger partial charge in [0.05, 0.1) is 25.7 Å². The zero-order chi connectivity index (χ0) is 17.7. The molecule has 24 heavy (non-hydrogen) atoms. The predicted molar refractivity (Wildman–Crippen MR) is 96.6 cm³/mol. The summed E-state index contributed by atoms with van der Waals surface area (Å²) in [6, 6.07) is 11.1. The van der Waals surface area contributed by atoms with E-state index < -0.39 is 10.0 Å². The second-order valence-corrected chi connectivity index (χ2v) is 7.47. The fourth-order valence-corrected chi connectivity index (χ4v) is 3.71. The third-order valence-corrected chi connectivity index (χ3v) is 5.10. The normalized spacial score (nSPS) is 11.2. The van der Waals surface area contributed by atoms with Crippen molar-refractivity contribution in [3.63, 3.8) is 0 Å². The Balaban J connectivity index is 2.10. The van der Waals surface area contributed by atoms with Crippen molar-refractivity contribution in [3.05, 3.63) is 53.1 Å². The topological polar surface area (TPSA) is 64.6 Å². The highest BCUT2D eigenvalue weighted by Gasteiger charge is 2.14. The molecular formula is C18H23NO4S. The minimum Gasteiger partial charge on any atom is -0.493 e. The SMILES string of the molecule is COc1ccc(CCS(=O)(=O)Nc2c(C)cccc2C)cc1OC. The largest absolute Gasteiger partial charge is 0.493 e. The maximum atomic E-state index is 12.4. The van der Waals surface area contributed by atoms with Gasteiger partial charge in [-0.05, 0) is 49.1 Å². The molecule has 2 aromatic rings. The molecule has 0 atom stereocenters. The molecule has 130 valence electrons. The lowest BCUT2D eigenvalue weighted by Crippen LogP contribution is -2.19. The summed E-state index contributed by atoms with van der Waals surface area (Å²) in [6.45, 7) is 3.78. The quantitative estimate of drug-likeness (QED) is 0.833. The Morgan fingerprint density at radius 3 is 2.17 bits per heavy atom. The number of aryl methyl sites for hydroxylation is 3. The van der Waals surface area contributed by atoms with Crippen molar-refractivity contribution in [2.24, 2.45) is 0 Å². The highest BCUT2D eigenvalue weighted by atomic mass is 32.2. The first-order chi connectivity index (χ1) is 11.4. The van der Waals surface area contributed by atoms with Crippen molar-refractivity contribution >= 4 is 15.7 Å². The fraction of sp³-hybridized carbons (Fsp3) is 0.333. The van der Waals surface area contributed by atoms with E-state index in [0.717, 1.165) is 16.7 Å². The average Bonchev–Trinajstić information content (AvgIpc) is 2.56. The number of hydrogen-bond donors (Lipinski definition) is 1. The van der Waals surface area contributed by atoms with E-state index in [0.29, 0.717) is 23.6 Å². The van der Waals surface area contributed by atoms with Gasteiger partial charge in [-0.15, -0.1) is 0 Å². The van der Waals surface area contributed by atoms with Crippen molar-refractivity contribution in [2.45, 2.75) is 20.3 Å². The van der Waals surface area contributed by atoms with Crippen LogP contribution in [0.5, 0.6) is 11.5 Å². The van der Waals surface area contributed by atoms with Gasteiger partial charge in [-0.1, -0.05) is 24.3 Å². The molecule has 0 amide bonds. The summed E-state index contributed by atoms with van der Waals surface area (Å²) < 4.78 is 37.9. The number of anilines is 1. The van der Waals surface area contributed by atoms with Crippen LogP contribution in [0.3, 0.4) is 0 Å². The minimum absolute atomic E-state index is 0.00371. The fourth-order valence-electron chi connectivity index (χ4n) is 2.47. The summed E-state index contributed by atoms with van der Waals surface area (Å²) in [7, 11) is -0.313. The molecule has 0 fully saturated rings. The molecule has 0 aliphatic carbocycles. The van der Waals surface area contributed by atoms with E-state index in [4.69, 9.17) is 9.47 Å². The van der Waals surface area contributed by atoms with Crippen molar-refractivity contribution in [2.75, 3.05) is 24.7 Å². The summed E-state index contributed by atoms with van der Waals surface area (Å²) in [5.41, 5.74) is 3.35. The minimum atomic E-state index is -3.44. The first kappa shape index (κ1) is 18.1. The molecule has 1 N–H and O–H groups in total. The van der Waals surface area contributed by atoms with Crippen LogP contribution in [0.25, 0.3) is 0 Å². The molecule has 2 aromatic carbocycles. The van der Waals surface area contributed by atoms with Crippen molar-refractivity contribution in [1.29, 1.82) is 0 Å². The highest BCUT2D eigenvalue weighted by Crippen LogP contribution is 2.28. The van der Waals surface area contributed by atoms with Crippen LogP contribution >= 0.6 is 0 Å². The smallest absolute Gasteiger partial charge is 0.233 e. The lowest BCUT2D eigenvalue weighted by atomic mass is 10.1. The molecule has 0 heterocycles. The molecule has 6 heteroatoms. The second-order valence-electron chi connectivity index (χ2n) is 5.63. The van der Waals surface area contributed by atoms with Gasteiger partial charge in [-0.25, -0.2) is 8.42 Å². The van der Waals surface area contributed by atoms with Gasteiger partial charge in [-0.2, -0.15) is 0 Å². The van der Waals surface area contributed by atoms with Gasteiger partial charge in [0.15, 0.2) is 11.5 Å². The number of methoxy groups -OCH3 is 2. The Morgan fingerprint density at radius 1 is 0.958 bits per heavy atom. The Hall–Kier alpha value is -2.21. The zero-order valence-electron chi connectivity index (χ0n) is 14.4. The van der Waals surface area contributed by atoms with E-state index in [2.05, 4.69) is 4.72 Å². The summed E-state index contributed by atoms with van der Waals surface area (Å²) in [5.74, 6) is 1.21. The van der Waals surface area contributed by atoms with Crippen LogP contribution in [0, 0.1) is 13.8 Å². The van der Waals surface area contributed by atoms with Crippen molar-refractivity contribution < 1.29 is 17.9 Å². The summed E-state index contributed by atoms with van der Waals surface area (Å²) in [4.78, 5) is 0. The van der Waals surface area contributed by atoms with Crippen molar-refractivity contribution in [1.82, 2.24) is 0 Å². The number of rotatable bonds is 7. The monoisotopic (exact) mass is 349 g/mol. The van der Waals surface area contributed by atoms with E-state index in [-0.39, 0.29) is 5.75 Å². The Morgan fingerprint density at radius 2 is 1.58 bits per heavy atom. The third-order valence-electron chi connectivity index (χ3n) is 3.85. The lowest BCUT2D eigenvalue weighted by molar-refractivity contribution is 0.354. The Bertz CT molecular complexity index is 796. The van der Waals surface area contributed by atoms with Gasteiger partial charge < -0.3 is 9.47 Å². The Labute approximate surface area is 143 Å². The first-order valence-electron chi connectivity index (χ1n) is 7.64. The maximum Gasteiger partial charge on any atom is 0.233 e. The summed E-state index contributed by atoms with van der Waals surface area (Å²) in [5, 5.41) is 0. The van der Waals surface area contributed by atoms with Crippen molar-refractivity contribution in [3.8, 4) is 11.5 Å². The molecule has 0 aliphatic heterocycles. The van der Waals surface area contributed by atoms with Crippen LogP contribution in [0.15, 0.2) is 36.4 Å². The molecule has 0 aliphatic rings. The van der Waals surface area contributed by atoms with Crippen LogP contribution in [-0.2, 0) is 16.4 Å². The number of benzene rings is 2. The number of ether oxygens (including phenoxy) is 2. The van der Waals surface area contributed by atoms with Crippen LogP contribution in [0.1, 0.15) is 16.7 Å². The van der Waals surface area contributed by atoms with Gasteiger partial charge in [-0.3, -0.25) is 4.72 Å². The van der Waals surface area contributed by atoms with Gasteiger partial charge in [0.2, 0.25) is 10.0 Å². The molecule has 2 rings (SSSR count). The summed E-state index contributed by atoms with van der Waals surface area (Å²) >= 11 is 0.